The van der Waals surface area contributed by atoms with Gasteiger partial charge in [0.2, 0.25) is 5.89 Å². The van der Waals surface area contributed by atoms with Gasteiger partial charge in [0.15, 0.2) is 0 Å². The summed E-state index contributed by atoms with van der Waals surface area (Å²) in [5.74, 6) is 2.94. The number of hydrogen-bond donors (Lipinski definition) is 1. The molecule has 1 N–H and O–H groups in total. The molecular weight excluding hydrogens is 340 g/mol. The van der Waals surface area contributed by atoms with Crippen molar-refractivity contribution < 1.29 is 4.42 Å². The fraction of sp³-hybridized carbons (Fsp3) is 0.538. The van der Waals surface area contributed by atoms with Gasteiger partial charge >= 0.3 is 0 Å². The van der Waals surface area contributed by atoms with E-state index < -0.39 is 0 Å². The Balaban J connectivity index is 1.44. The predicted octanol–water partition coefficient (Wildman–Crippen LogP) is 2.21. The Morgan fingerprint density at radius 3 is 2.80 bits per heavy atom. The number of halogens is 1. The summed E-state index contributed by atoms with van der Waals surface area (Å²) in [5, 5.41) is 11.8. The summed E-state index contributed by atoms with van der Waals surface area (Å²) >= 11 is 5.06. The van der Waals surface area contributed by atoms with E-state index in [2.05, 4.69) is 36.3 Å². The first-order valence-electron chi connectivity index (χ1n) is 6.79. The zero-order valence-corrected chi connectivity index (χ0v) is 13.3. The van der Waals surface area contributed by atoms with Gasteiger partial charge < -0.3 is 9.73 Å². The molecule has 2 aliphatic rings. The van der Waals surface area contributed by atoms with Crippen molar-refractivity contribution in [3.05, 3.63) is 21.8 Å². The van der Waals surface area contributed by atoms with Crippen LogP contribution in [0.25, 0.3) is 10.8 Å². The molecule has 5 nitrogen and oxygen atoms in total. The maximum absolute atomic E-state index is 5.78. The van der Waals surface area contributed by atoms with Gasteiger partial charge in [-0.2, -0.15) is 0 Å². The summed E-state index contributed by atoms with van der Waals surface area (Å²) in [6.45, 7) is 5.35. The minimum absolute atomic E-state index is 0.622. The van der Waals surface area contributed by atoms with Gasteiger partial charge in [-0.1, -0.05) is 0 Å². The van der Waals surface area contributed by atoms with E-state index in [0.717, 1.165) is 59.1 Å². The lowest BCUT2D eigenvalue weighted by atomic mass is 10.0. The van der Waals surface area contributed by atoms with E-state index in [9.17, 15) is 0 Å². The highest BCUT2D eigenvalue weighted by atomic mass is 79.9. The van der Waals surface area contributed by atoms with Crippen LogP contribution < -0.4 is 5.32 Å². The third kappa shape index (κ3) is 2.43. The molecule has 2 aromatic rings. The van der Waals surface area contributed by atoms with Crippen molar-refractivity contribution in [3.8, 4) is 10.8 Å². The van der Waals surface area contributed by atoms with Gasteiger partial charge in [-0.25, -0.2) is 0 Å². The molecule has 0 saturated carbocycles. The highest BCUT2D eigenvalue weighted by molar-refractivity contribution is 9.11. The first kappa shape index (κ1) is 12.9. The number of rotatable bonds is 3. The second-order valence-corrected chi connectivity index (χ2v) is 7.94. The lowest BCUT2D eigenvalue weighted by molar-refractivity contribution is 0.273. The van der Waals surface area contributed by atoms with Crippen LogP contribution in [0.5, 0.6) is 0 Å². The van der Waals surface area contributed by atoms with Gasteiger partial charge in [0.05, 0.1) is 15.2 Å². The van der Waals surface area contributed by atoms with Crippen LogP contribution in [0.1, 0.15) is 5.89 Å². The SMILES string of the molecule is Brc1ccc(-c2nnc(CN3C[C@H]4CNC[C@H]4C3)o2)s1. The summed E-state index contributed by atoms with van der Waals surface area (Å²) < 4.78 is 6.85. The predicted molar refractivity (Wildman–Crippen MR) is 80.4 cm³/mol. The summed E-state index contributed by atoms with van der Waals surface area (Å²) in [7, 11) is 0. The maximum atomic E-state index is 5.78. The van der Waals surface area contributed by atoms with Crippen molar-refractivity contribution >= 4 is 27.3 Å². The molecule has 2 aliphatic heterocycles. The van der Waals surface area contributed by atoms with E-state index in [1.165, 1.54) is 0 Å². The number of nitrogens with zero attached hydrogens (tertiary/aromatic N) is 3. The maximum Gasteiger partial charge on any atom is 0.257 e. The molecule has 4 heterocycles. The molecule has 0 aromatic carbocycles. The molecule has 106 valence electrons. The summed E-state index contributed by atoms with van der Waals surface area (Å²) in [5.41, 5.74) is 0. The average Bonchev–Trinajstić information content (AvgIpc) is 3.12. The molecule has 20 heavy (non-hydrogen) atoms. The third-order valence-corrected chi connectivity index (χ3v) is 5.69. The number of fused-ring (bicyclic) bond motifs is 1. The van der Waals surface area contributed by atoms with Gasteiger partial charge in [-0.05, 0) is 53.0 Å². The summed E-state index contributed by atoms with van der Waals surface area (Å²) in [6, 6.07) is 4.00. The van der Waals surface area contributed by atoms with Crippen LogP contribution in [0.4, 0.5) is 0 Å². The molecule has 2 atom stereocenters. The Kier molecular flexibility index (Phi) is 3.37. The smallest absolute Gasteiger partial charge is 0.257 e. The third-order valence-electron chi connectivity index (χ3n) is 4.07. The Hall–Kier alpha value is -0.760. The van der Waals surface area contributed by atoms with Crippen molar-refractivity contribution in [1.82, 2.24) is 20.4 Å². The molecule has 2 fully saturated rings. The molecule has 0 unspecified atom stereocenters. The highest BCUT2D eigenvalue weighted by Crippen LogP contribution is 2.31. The van der Waals surface area contributed by atoms with Crippen molar-refractivity contribution in [2.75, 3.05) is 26.2 Å². The van der Waals surface area contributed by atoms with Gasteiger partial charge in [0.1, 0.15) is 0 Å². The number of hydrogen-bond acceptors (Lipinski definition) is 6. The second kappa shape index (κ2) is 5.22. The van der Waals surface area contributed by atoms with Crippen LogP contribution in [0, 0.1) is 11.8 Å². The zero-order valence-electron chi connectivity index (χ0n) is 10.9. The number of thiophene rings is 1. The molecule has 0 radical (unpaired) electrons. The molecule has 7 heteroatoms. The first-order valence-corrected chi connectivity index (χ1v) is 8.40. The van der Waals surface area contributed by atoms with Crippen molar-refractivity contribution in [2.24, 2.45) is 11.8 Å². The standard InChI is InChI=1S/C13H15BrN4OS/c14-11-2-1-10(20-11)13-17-16-12(19-13)7-18-5-8-3-15-4-9(8)6-18/h1-2,8-9,15H,3-7H2/t8-,9+. The second-order valence-electron chi connectivity index (χ2n) is 5.48. The minimum atomic E-state index is 0.622. The Labute approximate surface area is 129 Å². The quantitative estimate of drug-likeness (QED) is 0.915. The summed E-state index contributed by atoms with van der Waals surface area (Å²) in [4.78, 5) is 3.44. The molecule has 2 saturated heterocycles. The topological polar surface area (TPSA) is 54.2 Å². The highest BCUT2D eigenvalue weighted by Gasteiger charge is 2.36. The molecule has 4 rings (SSSR count). The fourth-order valence-corrected chi connectivity index (χ4v) is 4.43. The Bertz CT molecular complexity index is 601. The lowest BCUT2D eigenvalue weighted by Crippen LogP contribution is -2.25. The van der Waals surface area contributed by atoms with Gasteiger partial charge in [0.25, 0.3) is 5.89 Å². The normalized spacial score (nSPS) is 26.2. The van der Waals surface area contributed by atoms with Crippen LogP contribution in [0.15, 0.2) is 20.3 Å². The molecule has 2 aromatic heterocycles. The van der Waals surface area contributed by atoms with E-state index in [1.807, 2.05) is 12.1 Å². The minimum Gasteiger partial charge on any atom is -0.419 e. The zero-order chi connectivity index (χ0) is 13.5. The molecule has 0 aliphatic carbocycles. The van der Waals surface area contributed by atoms with E-state index in [-0.39, 0.29) is 0 Å². The number of aromatic nitrogens is 2. The van der Waals surface area contributed by atoms with Crippen LogP contribution in [0.2, 0.25) is 0 Å². The average molecular weight is 355 g/mol. The fourth-order valence-electron chi connectivity index (χ4n) is 3.12. The Morgan fingerprint density at radius 1 is 1.30 bits per heavy atom. The van der Waals surface area contributed by atoms with E-state index in [4.69, 9.17) is 4.42 Å². The Morgan fingerprint density at radius 2 is 2.10 bits per heavy atom. The van der Waals surface area contributed by atoms with Crippen molar-refractivity contribution in [1.29, 1.82) is 0 Å². The van der Waals surface area contributed by atoms with E-state index >= 15 is 0 Å². The lowest BCUT2D eigenvalue weighted by Gasteiger charge is -2.13. The molecular formula is C13H15BrN4OS. The largest absolute Gasteiger partial charge is 0.419 e. The van der Waals surface area contributed by atoms with E-state index in [0.29, 0.717) is 5.89 Å². The van der Waals surface area contributed by atoms with Crippen LogP contribution in [-0.2, 0) is 6.54 Å². The summed E-state index contributed by atoms with van der Waals surface area (Å²) in [6.07, 6.45) is 0. The molecule has 0 amide bonds. The van der Waals surface area contributed by atoms with Crippen LogP contribution >= 0.6 is 27.3 Å². The van der Waals surface area contributed by atoms with Crippen molar-refractivity contribution in [3.63, 3.8) is 0 Å². The van der Waals surface area contributed by atoms with Crippen molar-refractivity contribution in [2.45, 2.75) is 6.54 Å². The number of nitrogens with one attached hydrogen (secondary N) is 1. The van der Waals surface area contributed by atoms with Crippen LogP contribution in [0.3, 0.4) is 0 Å². The monoisotopic (exact) mass is 354 g/mol. The molecule has 0 spiro atoms. The van der Waals surface area contributed by atoms with Crippen LogP contribution in [-0.4, -0.2) is 41.3 Å². The van der Waals surface area contributed by atoms with Gasteiger partial charge in [-0.15, -0.1) is 21.5 Å². The number of likely N-dealkylation sites (tertiary alicyclic amines) is 1. The first-order chi connectivity index (χ1) is 9.78. The van der Waals surface area contributed by atoms with Gasteiger partial charge in [0, 0.05) is 13.1 Å². The van der Waals surface area contributed by atoms with E-state index in [1.54, 1.807) is 11.3 Å². The molecule has 0 bridgehead atoms. The van der Waals surface area contributed by atoms with Gasteiger partial charge in [-0.3, -0.25) is 4.90 Å².